The Kier molecular flexibility index (Phi) is 6.97. The second-order valence-electron chi connectivity index (χ2n) is 5.74. The van der Waals surface area contributed by atoms with Gasteiger partial charge in [0.1, 0.15) is 5.75 Å². The maximum atomic E-state index is 12.1. The predicted octanol–water partition coefficient (Wildman–Crippen LogP) is 3.98. The number of aryl methyl sites for hydroxylation is 1. The van der Waals surface area contributed by atoms with Gasteiger partial charge in [-0.25, -0.2) is 4.79 Å². The highest BCUT2D eigenvalue weighted by atomic mass is 16.5. The average molecular weight is 353 g/mol. The summed E-state index contributed by atoms with van der Waals surface area (Å²) in [5.41, 5.74) is 2.52. The molecule has 0 spiro atoms. The molecule has 0 saturated heterocycles. The fourth-order valence-electron chi connectivity index (χ4n) is 2.21. The molecule has 0 fully saturated rings. The molecular weight excluding hydrogens is 330 g/mol. The van der Waals surface area contributed by atoms with Gasteiger partial charge in [-0.3, -0.25) is 4.79 Å². The van der Waals surface area contributed by atoms with Crippen molar-refractivity contribution in [2.24, 2.45) is 0 Å². The lowest BCUT2D eigenvalue weighted by atomic mass is 10.2. The first-order chi connectivity index (χ1) is 12.5. The Labute approximate surface area is 153 Å². The Morgan fingerprint density at radius 2 is 1.81 bits per heavy atom. The van der Waals surface area contributed by atoms with Crippen LogP contribution in [0.3, 0.4) is 0 Å². The molecular formula is C21H23NO4. The molecule has 136 valence electrons. The van der Waals surface area contributed by atoms with Gasteiger partial charge in [0.2, 0.25) is 0 Å². The summed E-state index contributed by atoms with van der Waals surface area (Å²) in [6.45, 7) is 5.92. The van der Waals surface area contributed by atoms with Crippen molar-refractivity contribution in [3.63, 3.8) is 0 Å². The van der Waals surface area contributed by atoms with Crippen LogP contribution in [0, 0.1) is 6.92 Å². The molecule has 0 saturated carbocycles. The number of ether oxygens (including phenoxy) is 2. The summed E-state index contributed by atoms with van der Waals surface area (Å²) in [5, 5.41) is 2.71. The number of carbonyl (C=O) groups excluding carboxylic acids is 2. The molecule has 26 heavy (non-hydrogen) atoms. The van der Waals surface area contributed by atoms with Crippen LogP contribution in [0.5, 0.6) is 5.75 Å². The molecule has 1 N–H and O–H groups in total. The van der Waals surface area contributed by atoms with Gasteiger partial charge in [0.15, 0.2) is 6.10 Å². The van der Waals surface area contributed by atoms with Crippen molar-refractivity contribution in [3.05, 3.63) is 65.7 Å². The topological polar surface area (TPSA) is 64.6 Å². The van der Waals surface area contributed by atoms with Crippen molar-refractivity contribution in [3.8, 4) is 5.75 Å². The van der Waals surface area contributed by atoms with E-state index in [4.69, 9.17) is 9.47 Å². The van der Waals surface area contributed by atoms with Gasteiger partial charge in [0.25, 0.3) is 5.91 Å². The maximum Gasteiger partial charge on any atom is 0.331 e. The molecule has 5 nitrogen and oxygen atoms in total. The van der Waals surface area contributed by atoms with Crippen molar-refractivity contribution in [2.75, 3.05) is 11.9 Å². The van der Waals surface area contributed by atoms with Crippen LogP contribution in [0.15, 0.2) is 54.6 Å². The second kappa shape index (κ2) is 9.42. The Bertz CT molecular complexity index is 781. The van der Waals surface area contributed by atoms with E-state index >= 15 is 0 Å². The first kappa shape index (κ1) is 19.2. The molecule has 2 rings (SSSR count). The predicted molar refractivity (Wildman–Crippen MR) is 102 cm³/mol. The van der Waals surface area contributed by atoms with Gasteiger partial charge in [-0.2, -0.15) is 0 Å². The number of carbonyl (C=O) groups is 2. The number of benzene rings is 2. The molecule has 0 aliphatic rings. The molecule has 0 heterocycles. The number of hydrogen-bond donors (Lipinski definition) is 1. The molecule has 5 heteroatoms. The fraction of sp³-hybridized carbons (Fsp3) is 0.238. The maximum absolute atomic E-state index is 12.1. The van der Waals surface area contributed by atoms with Crippen LogP contribution in [0.4, 0.5) is 5.69 Å². The highest BCUT2D eigenvalue weighted by Crippen LogP contribution is 2.19. The smallest absolute Gasteiger partial charge is 0.331 e. The summed E-state index contributed by atoms with van der Waals surface area (Å²) in [6, 6.07) is 14.8. The zero-order valence-corrected chi connectivity index (χ0v) is 15.2. The van der Waals surface area contributed by atoms with Gasteiger partial charge >= 0.3 is 5.97 Å². The van der Waals surface area contributed by atoms with Crippen LogP contribution in [0.1, 0.15) is 25.0 Å². The molecule has 0 aliphatic heterocycles. The average Bonchev–Trinajstić information content (AvgIpc) is 2.63. The molecule has 1 unspecified atom stereocenters. The van der Waals surface area contributed by atoms with Gasteiger partial charge in [-0.1, -0.05) is 35.9 Å². The minimum Gasteiger partial charge on any atom is -0.493 e. The van der Waals surface area contributed by atoms with Crippen LogP contribution in [-0.2, 0) is 14.3 Å². The van der Waals surface area contributed by atoms with Crippen LogP contribution in [-0.4, -0.2) is 24.6 Å². The molecule has 1 amide bonds. The summed E-state index contributed by atoms with van der Waals surface area (Å²) in [7, 11) is 0. The highest BCUT2D eigenvalue weighted by Gasteiger charge is 2.16. The van der Waals surface area contributed by atoms with E-state index < -0.39 is 12.1 Å². The Morgan fingerprint density at radius 1 is 1.12 bits per heavy atom. The van der Waals surface area contributed by atoms with Gasteiger partial charge in [-0.05, 0) is 45.0 Å². The second-order valence-corrected chi connectivity index (χ2v) is 5.74. The van der Waals surface area contributed by atoms with Crippen LogP contribution in [0.25, 0.3) is 6.08 Å². The summed E-state index contributed by atoms with van der Waals surface area (Å²) < 4.78 is 10.6. The van der Waals surface area contributed by atoms with Crippen LogP contribution in [0.2, 0.25) is 0 Å². The van der Waals surface area contributed by atoms with Crippen molar-refractivity contribution in [2.45, 2.75) is 26.9 Å². The summed E-state index contributed by atoms with van der Waals surface area (Å²) in [4.78, 5) is 24.1. The fourth-order valence-corrected chi connectivity index (χ4v) is 2.21. The van der Waals surface area contributed by atoms with Gasteiger partial charge in [0, 0.05) is 17.3 Å². The number of anilines is 1. The number of nitrogens with one attached hydrogen (secondary N) is 1. The van der Waals surface area contributed by atoms with Crippen molar-refractivity contribution in [1.29, 1.82) is 0 Å². The summed E-state index contributed by atoms with van der Waals surface area (Å²) >= 11 is 0. The van der Waals surface area contributed by atoms with E-state index in [-0.39, 0.29) is 5.91 Å². The lowest BCUT2D eigenvalue weighted by molar-refractivity contribution is -0.148. The number of rotatable bonds is 7. The summed E-state index contributed by atoms with van der Waals surface area (Å²) in [6.07, 6.45) is 1.99. The third-order valence-corrected chi connectivity index (χ3v) is 3.60. The Hall–Kier alpha value is -3.08. The standard InChI is InChI=1S/C21H23NO4/c1-4-25-19-8-6-5-7-17(19)11-14-20(23)26-16(3)21(24)22-18-12-9-15(2)10-13-18/h5-14,16H,4H2,1-3H3,(H,22,24)/b14-11+. The first-order valence-electron chi connectivity index (χ1n) is 8.47. The zero-order valence-electron chi connectivity index (χ0n) is 15.2. The number of amides is 1. The molecule has 2 aromatic carbocycles. The number of esters is 1. The minimum atomic E-state index is -0.907. The number of hydrogen-bond acceptors (Lipinski definition) is 4. The third kappa shape index (κ3) is 5.77. The Morgan fingerprint density at radius 3 is 2.50 bits per heavy atom. The lowest BCUT2D eigenvalue weighted by Crippen LogP contribution is -2.29. The largest absolute Gasteiger partial charge is 0.493 e. The molecule has 0 bridgehead atoms. The van der Waals surface area contributed by atoms with Gasteiger partial charge in [-0.15, -0.1) is 0 Å². The van der Waals surface area contributed by atoms with E-state index in [0.717, 1.165) is 11.1 Å². The molecule has 1 atom stereocenters. The zero-order chi connectivity index (χ0) is 18.9. The van der Waals surface area contributed by atoms with Crippen LogP contribution < -0.4 is 10.1 Å². The van der Waals surface area contributed by atoms with E-state index in [1.165, 1.54) is 13.0 Å². The quantitative estimate of drug-likeness (QED) is 0.604. The lowest BCUT2D eigenvalue weighted by Gasteiger charge is -2.12. The molecule has 2 aromatic rings. The van der Waals surface area contributed by atoms with Gasteiger partial charge < -0.3 is 14.8 Å². The SMILES string of the molecule is CCOc1ccccc1/C=C/C(=O)OC(C)C(=O)Nc1ccc(C)cc1. The van der Waals surface area contributed by atoms with Crippen molar-refractivity contribution < 1.29 is 19.1 Å². The molecule has 0 aromatic heterocycles. The minimum absolute atomic E-state index is 0.384. The van der Waals surface area contributed by atoms with Crippen LogP contribution >= 0.6 is 0 Å². The van der Waals surface area contributed by atoms with Crippen molar-refractivity contribution >= 4 is 23.6 Å². The first-order valence-corrected chi connectivity index (χ1v) is 8.47. The highest BCUT2D eigenvalue weighted by molar-refractivity contribution is 5.96. The molecule has 0 radical (unpaired) electrons. The third-order valence-electron chi connectivity index (χ3n) is 3.60. The normalized spacial score (nSPS) is 11.8. The number of para-hydroxylation sites is 1. The van der Waals surface area contributed by atoms with Crippen molar-refractivity contribution in [1.82, 2.24) is 0 Å². The van der Waals surface area contributed by atoms with E-state index in [1.54, 1.807) is 18.2 Å². The summed E-state index contributed by atoms with van der Waals surface area (Å²) in [5.74, 6) is -0.294. The van der Waals surface area contributed by atoms with Gasteiger partial charge in [0.05, 0.1) is 6.61 Å². The van der Waals surface area contributed by atoms with E-state index in [0.29, 0.717) is 18.0 Å². The Balaban J connectivity index is 1.92. The molecule has 0 aliphatic carbocycles. The van der Waals surface area contributed by atoms with E-state index in [2.05, 4.69) is 5.32 Å². The monoisotopic (exact) mass is 353 g/mol. The van der Waals surface area contributed by atoms with E-state index in [9.17, 15) is 9.59 Å². The van der Waals surface area contributed by atoms with E-state index in [1.807, 2.05) is 50.2 Å².